The number of anilines is 2. The number of fused-ring (bicyclic) bond motifs is 2. The van der Waals surface area contributed by atoms with Gasteiger partial charge in [0.2, 0.25) is 11.7 Å². The highest BCUT2D eigenvalue weighted by molar-refractivity contribution is 7.66. The van der Waals surface area contributed by atoms with E-state index in [0.29, 0.717) is 0 Å². The van der Waals surface area contributed by atoms with E-state index >= 15 is 0 Å². The van der Waals surface area contributed by atoms with Crippen LogP contribution in [-0.4, -0.2) is 175 Å². The van der Waals surface area contributed by atoms with Crippen molar-refractivity contribution in [1.29, 1.82) is 0 Å². The molecule has 3 saturated heterocycles. The van der Waals surface area contributed by atoms with E-state index in [-0.39, 0.29) is 47.1 Å². The molecule has 0 aliphatic carbocycles. The Morgan fingerprint density at radius 1 is 0.803 bits per heavy atom. The number of nitrogen functional groups attached to an aromatic ring is 1. The molecule has 0 radical (unpaired) electrons. The molecule has 0 spiro atoms. The Morgan fingerprint density at radius 3 is 2.12 bits per heavy atom. The minimum Gasteiger partial charge on any atom is -0.387 e. The number of rotatable bonds is 23. The normalized spacial score (nSPS) is 30.1. The molecule has 12 N–H and O–H groups in total. The van der Waals surface area contributed by atoms with Gasteiger partial charge in [0.25, 0.3) is 17.1 Å². The number of aromatic amines is 2. The van der Waals surface area contributed by atoms with Crippen molar-refractivity contribution in [3.8, 4) is 0 Å². The predicted octanol–water partition coefficient (Wildman–Crippen LogP) is -3.12. The van der Waals surface area contributed by atoms with E-state index in [1.54, 1.807) is 7.05 Å². The van der Waals surface area contributed by atoms with Crippen LogP contribution >= 0.6 is 31.3 Å². The Balaban J connectivity index is 0.948. The highest BCUT2D eigenvalue weighted by Gasteiger charge is 2.54. The number of aliphatic hydroxyl groups excluding tert-OH is 3. The first kappa shape index (κ1) is 57.6. The molecule has 5 aromatic heterocycles. The molecule has 8 rings (SSSR count). The maximum atomic E-state index is 13.6. The van der Waals surface area contributed by atoms with Crippen LogP contribution in [-0.2, 0) is 75.7 Å². The summed E-state index contributed by atoms with van der Waals surface area (Å²) in [5, 5.41) is 35.5. The highest BCUT2D eigenvalue weighted by atomic mass is 31.3. The second-order valence-corrected chi connectivity index (χ2v) is 22.9. The number of nitrogens with zero attached hydrogens (tertiary/aromatic N) is 8. The third-order valence-corrected chi connectivity index (χ3v) is 17.2. The van der Waals surface area contributed by atoms with E-state index in [9.17, 15) is 67.5 Å². The number of aromatic nitrogens is 10. The third kappa shape index (κ3) is 12.3. The molecule has 420 valence electrons. The lowest BCUT2D eigenvalue weighted by atomic mass is 9.95. The smallest absolute Gasteiger partial charge is 0.387 e. The quantitative estimate of drug-likeness (QED) is 0.0228. The van der Waals surface area contributed by atoms with Gasteiger partial charge in [-0.3, -0.25) is 51.4 Å². The molecule has 0 bridgehead atoms. The van der Waals surface area contributed by atoms with Crippen LogP contribution < -0.4 is 32.4 Å². The molecule has 8 heterocycles. The minimum atomic E-state index is -6.17. The molecule has 16 atom stereocenters. The number of aryl methyl sites for hydroxylation is 1. The number of phosphoric acid groups is 4. The van der Waals surface area contributed by atoms with E-state index < -0.39 is 141 Å². The zero-order valence-corrected chi connectivity index (χ0v) is 43.4. The summed E-state index contributed by atoms with van der Waals surface area (Å²) in [7, 11) is -17.8. The number of ether oxygens (including phenoxy) is 5. The Kier molecular flexibility index (Phi) is 17.1. The van der Waals surface area contributed by atoms with Crippen molar-refractivity contribution in [1.82, 2.24) is 43.6 Å². The average molecular weight is 1160 g/mol. The van der Waals surface area contributed by atoms with Gasteiger partial charge in [-0.25, -0.2) is 42.6 Å². The van der Waals surface area contributed by atoms with E-state index in [1.807, 2.05) is 4.98 Å². The van der Waals surface area contributed by atoms with Crippen LogP contribution in [0.25, 0.3) is 22.3 Å². The van der Waals surface area contributed by atoms with Crippen molar-refractivity contribution < 1.29 is 108 Å². The largest absolute Gasteiger partial charge is 0.490 e. The lowest BCUT2D eigenvalue weighted by molar-refractivity contribution is -0.745. The molecule has 0 aromatic carbocycles. The summed E-state index contributed by atoms with van der Waals surface area (Å²) < 4.78 is 115. The molecular formula is C35H51N12O25P4+. The summed E-state index contributed by atoms with van der Waals surface area (Å²) in [4.78, 5) is 100. The van der Waals surface area contributed by atoms with Crippen molar-refractivity contribution >= 4 is 65.4 Å². The molecule has 3 aliphatic rings. The first-order valence-corrected chi connectivity index (χ1v) is 28.1. The molecule has 4 unspecified atom stereocenters. The van der Waals surface area contributed by atoms with Crippen molar-refractivity contribution in [2.75, 3.05) is 58.7 Å². The average Bonchev–Trinajstić information content (AvgIpc) is 4.14. The lowest BCUT2D eigenvalue weighted by Crippen LogP contribution is -2.45. The number of H-pyrrole nitrogens is 2. The third-order valence-electron chi connectivity index (χ3n) is 12.0. The topological polar surface area (TPSA) is 502 Å². The van der Waals surface area contributed by atoms with Crippen LogP contribution in [0.2, 0.25) is 0 Å². The summed E-state index contributed by atoms with van der Waals surface area (Å²) in [6.45, 7) is -3.14. The van der Waals surface area contributed by atoms with E-state index in [0.717, 1.165) is 30.3 Å². The maximum Gasteiger partial charge on any atom is 0.490 e. The van der Waals surface area contributed by atoms with Crippen molar-refractivity contribution in [2.45, 2.75) is 73.9 Å². The zero-order valence-electron chi connectivity index (χ0n) is 39.8. The first-order chi connectivity index (χ1) is 35.8. The molecule has 76 heavy (non-hydrogen) atoms. The van der Waals surface area contributed by atoms with Crippen molar-refractivity contribution in [3.05, 3.63) is 62.4 Å². The molecule has 0 saturated carbocycles. The molecule has 0 amide bonds. The van der Waals surface area contributed by atoms with Gasteiger partial charge in [0, 0.05) is 46.1 Å². The van der Waals surface area contributed by atoms with Gasteiger partial charge in [-0.05, 0) is 6.42 Å². The number of nitrogens with one attached hydrogen (secondary N) is 3. The minimum absolute atomic E-state index is 0.00581. The molecule has 3 aliphatic heterocycles. The fourth-order valence-electron chi connectivity index (χ4n) is 8.65. The Morgan fingerprint density at radius 2 is 1.46 bits per heavy atom. The second-order valence-electron chi connectivity index (χ2n) is 16.9. The maximum absolute atomic E-state index is 13.6. The lowest BCUT2D eigenvalue weighted by Gasteiger charge is -2.26. The van der Waals surface area contributed by atoms with Gasteiger partial charge in [-0.1, -0.05) is 4.98 Å². The summed E-state index contributed by atoms with van der Waals surface area (Å²) in [5.41, 5.74) is 3.66. The van der Waals surface area contributed by atoms with E-state index in [2.05, 4.69) is 38.9 Å². The number of methoxy groups -OCH3 is 2. The molecule has 5 aromatic rings. The molecule has 37 nitrogen and oxygen atoms in total. The Labute approximate surface area is 424 Å². The fraction of sp³-hybridized carbons (Fsp3) is 0.600. The number of phosphoric ester groups is 3. The van der Waals surface area contributed by atoms with Crippen LogP contribution in [0.5, 0.6) is 0 Å². The van der Waals surface area contributed by atoms with Crippen molar-refractivity contribution in [3.63, 3.8) is 0 Å². The Bertz CT molecular complexity index is 3300. The summed E-state index contributed by atoms with van der Waals surface area (Å²) in [5.74, 6) is -0.942. The van der Waals surface area contributed by atoms with E-state index in [1.165, 1.54) is 40.5 Å². The van der Waals surface area contributed by atoms with Crippen LogP contribution in [0.15, 0.2) is 45.6 Å². The Hall–Kier alpha value is -4.62. The van der Waals surface area contributed by atoms with Gasteiger partial charge in [0.05, 0.1) is 39.3 Å². The number of aliphatic hydroxyl groups is 3. The number of imidazole rings is 2. The molecule has 3 fully saturated rings. The number of nitrogens with two attached hydrogens (primary N) is 1. The van der Waals surface area contributed by atoms with Gasteiger partial charge in [0.1, 0.15) is 54.6 Å². The summed E-state index contributed by atoms with van der Waals surface area (Å²) >= 11 is 0. The van der Waals surface area contributed by atoms with E-state index in [4.69, 9.17) is 47.5 Å². The van der Waals surface area contributed by atoms with Gasteiger partial charge in [0.15, 0.2) is 30.2 Å². The van der Waals surface area contributed by atoms with Gasteiger partial charge >= 0.3 is 42.6 Å². The molecule has 41 heteroatoms. The van der Waals surface area contributed by atoms with Gasteiger partial charge < -0.3 is 69.6 Å². The van der Waals surface area contributed by atoms with Crippen LogP contribution in [0, 0.1) is 5.92 Å². The van der Waals surface area contributed by atoms with Gasteiger partial charge in [-0.15, -0.1) is 0 Å². The summed E-state index contributed by atoms with van der Waals surface area (Å²) in [6.07, 6.45) is -12.8. The van der Waals surface area contributed by atoms with Gasteiger partial charge in [-0.2, -0.15) is 8.62 Å². The second kappa shape index (κ2) is 22.6. The molecular weight excluding hydrogens is 1110 g/mol. The fourth-order valence-corrected chi connectivity index (χ4v) is 13.1. The van der Waals surface area contributed by atoms with Crippen molar-refractivity contribution in [2.24, 2.45) is 13.0 Å². The highest BCUT2D eigenvalue weighted by Crippen LogP contribution is 2.68. The van der Waals surface area contributed by atoms with Crippen LogP contribution in [0.4, 0.5) is 11.8 Å². The number of hydrogen-bond donors (Lipinski definition) is 11. The first-order valence-electron chi connectivity index (χ1n) is 22.1. The predicted molar refractivity (Wildman–Crippen MR) is 247 cm³/mol. The summed E-state index contributed by atoms with van der Waals surface area (Å²) in [6, 6.07) is 0.931. The number of hydrogen-bond acceptors (Lipinski definition) is 27. The zero-order chi connectivity index (χ0) is 55.2. The SMILES string of the molecule is CNc1ncnc2c1ncn2[C@@H]1O[C@H](COP(=O)(O)OP(=O)(O)OP(=O)(O)OC[C@H]2O[C@@H]([n+]3cn(C)c4c(=O)[nH]c(N)nc43)[C@H](O)[C@@H]2CCOC)[C@@H](OP(=O)(O)OC[C@H]2O[C@@H](n3ccc(=O)[nH]c3=O)[C@H](O)[C@@H]2O)[C@H]1OC. The van der Waals surface area contributed by atoms with Crippen LogP contribution in [0.3, 0.4) is 0 Å². The standard InChI is InChI=1S/C35H50N12O25P4/c1-37-27-20-28(39-12-38-27)46(13-40-20)33-26(63-4)25(70-73(54,55)64-10-17-23(50)24(51)32(68-17)45-7-5-19(48)41-35(45)53)18(69-33)11-66-75(58,59)72-76(60,61)71-74(56,57)65-9-16-15(6-8-62-3)22(49)31(67-16)47-14-44(2)21-29(47)42-34(36)43-30(21)52/h5,7,12-18,22-26,31-33,49-51H,6,8-11H2,1-4H3,(H8-,36,37,38,39,41,42,43,48,52,53,54,55,56,57,58,59,60,61)/p+1/t15-,16-,17-,18-,22-,23-,24-,25-,26-,31-,32-,33-/m1/s1. The van der Waals surface area contributed by atoms with Crippen LogP contribution in [0.1, 0.15) is 25.1 Å². The monoisotopic (exact) mass is 1160 g/mol.